The van der Waals surface area contributed by atoms with E-state index in [2.05, 4.69) is 29.2 Å². The van der Waals surface area contributed by atoms with Gasteiger partial charge in [-0.3, -0.25) is 0 Å². The van der Waals surface area contributed by atoms with Gasteiger partial charge in [-0.1, -0.05) is 0 Å². The number of carbonyl (C=O) groups is 1. The van der Waals surface area contributed by atoms with Crippen LogP contribution in [0.25, 0.3) is 11.0 Å². The second-order valence-electron chi connectivity index (χ2n) is 3.90. The minimum absolute atomic E-state index is 0.0983. The van der Waals surface area contributed by atoms with Crippen LogP contribution in [0.15, 0.2) is 46.9 Å². The van der Waals surface area contributed by atoms with E-state index in [0.29, 0.717) is 11.3 Å². The molecule has 1 N–H and O–H groups in total. The van der Waals surface area contributed by atoms with Crippen LogP contribution in [0.2, 0.25) is 0 Å². The molecule has 6 heteroatoms. The molecule has 3 aromatic rings. The summed E-state index contributed by atoms with van der Waals surface area (Å²) in [7, 11) is 0. The van der Waals surface area contributed by atoms with Gasteiger partial charge in [0.25, 0.3) is 0 Å². The monoisotopic (exact) mass is 381 g/mol. The predicted molar refractivity (Wildman–Crippen MR) is 78.6 cm³/mol. The molecule has 2 aromatic carbocycles. The molecule has 0 bridgehead atoms. The third-order valence-corrected chi connectivity index (χ3v) is 4.25. The second kappa shape index (κ2) is 5.25. The summed E-state index contributed by atoms with van der Waals surface area (Å²) in [6, 6.07) is 12.9. The number of benzene rings is 2. The molecule has 0 aliphatic heterocycles. The molecule has 4 nitrogen and oxygen atoms in total. The number of hydrogen-bond acceptors (Lipinski definition) is 3. The van der Waals surface area contributed by atoms with Crippen molar-refractivity contribution in [3.05, 3.63) is 52.5 Å². The Hall–Kier alpha value is -1.49. The molecular weight excluding hydrogens is 373 g/mol. The van der Waals surface area contributed by atoms with Gasteiger partial charge in [-0.05, 0) is 0 Å². The van der Waals surface area contributed by atoms with Gasteiger partial charge in [0, 0.05) is 0 Å². The maximum atomic E-state index is 12.2. The Morgan fingerprint density at radius 1 is 1.16 bits per heavy atom. The molecule has 0 saturated carbocycles. The molecule has 1 amide bonds. The van der Waals surface area contributed by atoms with Gasteiger partial charge in [0.1, 0.15) is 0 Å². The number of fused-ring (bicyclic) bond motifs is 1. The Morgan fingerprint density at radius 2 is 2.00 bits per heavy atom. The van der Waals surface area contributed by atoms with Crippen LogP contribution in [0.3, 0.4) is 0 Å². The quantitative estimate of drug-likeness (QED) is 0.695. The first-order chi connectivity index (χ1) is 9.24. The topological polar surface area (TPSA) is 54.9 Å². The van der Waals surface area contributed by atoms with Crippen LogP contribution in [0, 0.1) is 0 Å². The zero-order valence-electron chi connectivity index (χ0n) is 9.63. The van der Waals surface area contributed by atoms with E-state index in [1.165, 1.54) is 0 Å². The van der Waals surface area contributed by atoms with Crippen molar-refractivity contribution in [3.8, 4) is 0 Å². The predicted octanol–water partition coefficient (Wildman–Crippen LogP) is 2.70. The van der Waals surface area contributed by atoms with E-state index in [4.69, 9.17) is 0 Å². The van der Waals surface area contributed by atoms with Crippen molar-refractivity contribution in [2.75, 3.05) is 5.32 Å². The first kappa shape index (κ1) is 12.5. The number of amides is 1. The first-order valence-electron chi connectivity index (χ1n) is 5.52. The van der Waals surface area contributed by atoms with Crippen molar-refractivity contribution in [1.29, 1.82) is 0 Å². The maximum absolute atomic E-state index is 12.2. The molecule has 1 heterocycles. The summed E-state index contributed by atoms with van der Waals surface area (Å²) in [6.07, 6.45) is 0. The summed E-state index contributed by atoms with van der Waals surface area (Å²) in [6.45, 7) is 0. The number of halogens is 1. The van der Waals surface area contributed by atoms with Gasteiger partial charge in [0.15, 0.2) is 0 Å². The fraction of sp³-hybridized carbons (Fsp3) is 0. The molecule has 0 fully saturated rings. The summed E-state index contributed by atoms with van der Waals surface area (Å²) >= 11 is 3.26. The zero-order valence-corrected chi connectivity index (χ0v) is 12.9. The first-order valence-corrected chi connectivity index (χ1v) is 7.85. The third-order valence-electron chi connectivity index (χ3n) is 2.62. The van der Waals surface area contributed by atoms with Gasteiger partial charge < -0.3 is 0 Å². The van der Waals surface area contributed by atoms with Gasteiger partial charge in [0.05, 0.1) is 0 Å². The number of anilines is 1. The Kier molecular flexibility index (Phi) is 3.46. The number of aromatic nitrogens is 2. The van der Waals surface area contributed by atoms with Crippen molar-refractivity contribution in [2.24, 2.45) is 0 Å². The minimum atomic E-state index is -0.149. The zero-order chi connectivity index (χ0) is 13.2. The normalized spacial score (nSPS) is 10.6. The number of carbonyl (C=O) groups excluding carboxylic acids is 1. The molecule has 0 unspecified atom stereocenters. The molecule has 0 spiro atoms. The number of rotatable bonds is 2. The van der Waals surface area contributed by atoms with Gasteiger partial charge in [-0.15, -0.1) is 0 Å². The Morgan fingerprint density at radius 3 is 2.84 bits per heavy atom. The van der Waals surface area contributed by atoms with Crippen LogP contribution in [0.5, 0.6) is 0 Å². The van der Waals surface area contributed by atoms with E-state index in [9.17, 15) is 4.79 Å². The van der Waals surface area contributed by atoms with E-state index >= 15 is 0 Å². The van der Waals surface area contributed by atoms with Crippen molar-refractivity contribution < 1.29 is 4.79 Å². The summed E-state index contributed by atoms with van der Waals surface area (Å²) in [4.78, 5) is 12.2. The van der Waals surface area contributed by atoms with Crippen LogP contribution in [-0.2, 0) is 0 Å². The van der Waals surface area contributed by atoms with Crippen LogP contribution in [-0.4, -0.2) is 28.8 Å². The van der Waals surface area contributed by atoms with Gasteiger partial charge in [0.2, 0.25) is 0 Å². The summed E-state index contributed by atoms with van der Waals surface area (Å²) in [5.74, 6) is -0.149. The molecular formula is C13H8BrN3OSe. The van der Waals surface area contributed by atoms with E-state index in [-0.39, 0.29) is 20.9 Å². The van der Waals surface area contributed by atoms with Crippen molar-refractivity contribution in [3.63, 3.8) is 0 Å². The molecule has 0 atom stereocenters. The van der Waals surface area contributed by atoms with Crippen LogP contribution >= 0.6 is 15.9 Å². The molecule has 0 radical (unpaired) electrons. The SMILES string of the molecule is O=C(Nc1cccc2n[se]nc12)c1cccc(Br)c1. The number of nitrogens with one attached hydrogen (secondary N) is 1. The van der Waals surface area contributed by atoms with Crippen molar-refractivity contribution in [2.45, 2.75) is 0 Å². The third kappa shape index (κ3) is 2.61. The van der Waals surface area contributed by atoms with Crippen molar-refractivity contribution >= 4 is 53.5 Å². The van der Waals surface area contributed by atoms with Gasteiger partial charge in [-0.2, -0.15) is 0 Å². The van der Waals surface area contributed by atoms with Gasteiger partial charge in [-0.25, -0.2) is 0 Å². The molecule has 94 valence electrons. The molecule has 1 aromatic heterocycles. The van der Waals surface area contributed by atoms with E-state index in [1.54, 1.807) is 12.1 Å². The van der Waals surface area contributed by atoms with Crippen LogP contribution in [0.4, 0.5) is 5.69 Å². The van der Waals surface area contributed by atoms with Gasteiger partial charge >= 0.3 is 124 Å². The standard InChI is InChI=1S/C13H8BrN3OSe/c14-9-4-1-3-8(7-9)13(18)15-10-5-2-6-11-12(10)17-19-16-11/h1-7H,(H,15,18). The van der Waals surface area contributed by atoms with Crippen LogP contribution < -0.4 is 5.32 Å². The van der Waals surface area contributed by atoms with E-state index in [0.717, 1.165) is 15.5 Å². The average molecular weight is 381 g/mol. The molecule has 19 heavy (non-hydrogen) atoms. The molecule has 0 aliphatic carbocycles. The van der Waals surface area contributed by atoms with E-state index in [1.807, 2.05) is 30.3 Å². The fourth-order valence-electron chi connectivity index (χ4n) is 1.73. The second-order valence-corrected chi connectivity index (χ2v) is 5.93. The average Bonchev–Trinajstić information content (AvgIpc) is 2.88. The number of hydrogen-bond donors (Lipinski definition) is 1. The summed E-state index contributed by atoms with van der Waals surface area (Å²) < 4.78 is 9.50. The summed E-state index contributed by atoms with van der Waals surface area (Å²) in [5, 5.41) is 2.88. The Labute approximate surface area is 124 Å². The molecule has 0 aliphatic rings. The van der Waals surface area contributed by atoms with Crippen LogP contribution in [0.1, 0.15) is 10.4 Å². The fourth-order valence-corrected chi connectivity index (χ4v) is 3.28. The Balaban J connectivity index is 1.93. The molecule has 0 saturated heterocycles. The number of nitrogens with zero attached hydrogens (tertiary/aromatic N) is 2. The molecule has 3 rings (SSSR count). The van der Waals surface area contributed by atoms with Crippen molar-refractivity contribution in [1.82, 2.24) is 7.96 Å². The van der Waals surface area contributed by atoms with E-state index < -0.39 is 0 Å². The summed E-state index contributed by atoms with van der Waals surface area (Å²) in [5.41, 5.74) is 2.95. The Bertz CT molecular complexity index is 756.